The van der Waals surface area contributed by atoms with Crippen LogP contribution in [0, 0.1) is 0 Å². The Hall–Kier alpha value is -2.67. The van der Waals surface area contributed by atoms with Crippen molar-refractivity contribution in [3.8, 4) is 11.5 Å². The van der Waals surface area contributed by atoms with Gasteiger partial charge in [0.25, 0.3) is 0 Å². The first-order valence-electron chi connectivity index (χ1n) is 9.47. The number of benzene rings is 2. The Morgan fingerprint density at radius 3 is 1.45 bits per heavy atom. The van der Waals surface area contributed by atoms with E-state index >= 15 is 0 Å². The van der Waals surface area contributed by atoms with Crippen molar-refractivity contribution in [3.63, 3.8) is 0 Å². The lowest BCUT2D eigenvalue weighted by molar-refractivity contribution is -0.121. The van der Waals surface area contributed by atoms with E-state index in [1.165, 1.54) is 0 Å². The van der Waals surface area contributed by atoms with Crippen LogP contribution in [-0.4, -0.2) is 37.5 Å². The van der Waals surface area contributed by atoms with Gasteiger partial charge in [-0.3, -0.25) is 9.59 Å². The van der Waals surface area contributed by atoms with Crippen LogP contribution < -0.4 is 20.1 Å². The van der Waals surface area contributed by atoms with Crippen LogP contribution >= 0.6 is 11.8 Å². The molecule has 0 aliphatic carbocycles. The molecule has 0 radical (unpaired) electrons. The molecule has 0 aliphatic rings. The number of rotatable bonds is 12. The Bertz CT molecular complexity index is 698. The van der Waals surface area contributed by atoms with Crippen molar-refractivity contribution in [3.05, 3.63) is 59.7 Å². The summed E-state index contributed by atoms with van der Waals surface area (Å²) >= 11 is 1.61. The molecule has 2 aromatic carbocycles. The summed E-state index contributed by atoms with van der Waals surface area (Å²) in [4.78, 5) is 23.8. The van der Waals surface area contributed by atoms with Gasteiger partial charge in [0.2, 0.25) is 11.8 Å². The molecule has 0 bridgehead atoms. The van der Waals surface area contributed by atoms with Gasteiger partial charge in [0.1, 0.15) is 11.5 Å². The first-order valence-corrected chi connectivity index (χ1v) is 10.6. The number of carbonyl (C=O) groups excluding carboxylic acids is 2. The van der Waals surface area contributed by atoms with Crippen molar-refractivity contribution in [1.29, 1.82) is 0 Å². The molecule has 2 amide bonds. The maximum absolute atomic E-state index is 11.9. The number of nitrogens with one attached hydrogen (secondary N) is 2. The van der Waals surface area contributed by atoms with Gasteiger partial charge in [-0.25, -0.2) is 0 Å². The van der Waals surface area contributed by atoms with E-state index in [4.69, 9.17) is 9.47 Å². The fourth-order valence-corrected chi connectivity index (χ4v) is 3.36. The summed E-state index contributed by atoms with van der Waals surface area (Å²) in [7, 11) is 3.25. The minimum Gasteiger partial charge on any atom is -0.497 e. The molecular formula is C22H28N2O4S. The van der Waals surface area contributed by atoms with Crippen LogP contribution in [0.4, 0.5) is 0 Å². The van der Waals surface area contributed by atoms with E-state index in [1.54, 1.807) is 26.0 Å². The molecule has 0 aliphatic heterocycles. The van der Waals surface area contributed by atoms with E-state index in [2.05, 4.69) is 10.6 Å². The maximum Gasteiger partial charge on any atom is 0.221 e. The second-order valence-corrected chi connectivity index (χ2v) is 7.59. The number of hydrogen-bond acceptors (Lipinski definition) is 5. The molecule has 2 aromatic rings. The Morgan fingerprint density at radius 1 is 0.724 bits per heavy atom. The lowest BCUT2D eigenvalue weighted by atomic mass is 10.2. The third-order valence-electron chi connectivity index (χ3n) is 4.24. The number of hydrogen-bond donors (Lipinski definition) is 2. The Labute approximate surface area is 176 Å². The van der Waals surface area contributed by atoms with Gasteiger partial charge in [-0.15, -0.1) is 0 Å². The number of carbonyl (C=O) groups is 2. The third-order valence-corrected chi connectivity index (χ3v) is 5.23. The Kier molecular flexibility index (Phi) is 9.92. The average Bonchev–Trinajstić information content (AvgIpc) is 2.76. The molecule has 156 valence electrons. The second-order valence-electron chi connectivity index (χ2n) is 6.36. The summed E-state index contributed by atoms with van der Waals surface area (Å²) < 4.78 is 10.2. The van der Waals surface area contributed by atoms with E-state index in [-0.39, 0.29) is 11.8 Å². The number of methoxy groups -OCH3 is 2. The highest BCUT2D eigenvalue weighted by Gasteiger charge is 2.05. The molecule has 0 saturated heterocycles. The van der Waals surface area contributed by atoms with Crippen molar-refractivity contribution >= 4 is 23.6 Å². The summed E-state index contributed by atoms with van der Waals surface area (Å²) in [5.41, 5.74) is 2.06. The minimum absolute atomic E-state index is 0.0114. The predicted octanol–water partition coefficient (Wildman–Crippen LogP) is 3.15. The quantitative estimate of drug-likeness (QED) is 0.520. The van der Waals surface area contributed by atoms with Crippen molar-refractivity contribution in [1.82, 2.24) is 10.6 Å². The molecule has 29 heavy (non-hydrogen) atoms. The Balaban J connectivity index is 1.51. The average molecular weight is 417 g/mol. The number of thioether (sulfide) groups is 1. The fourth-order valence-electron chi connectivity index (χ4n) is 2.50. The number of ether oxygens (including phenoxy) is 2. The molecule has 0 fully saturated rings. The van der Waals surface area contributed by atoms with E-state index in [0.717, 1.165) is 22.6 Å². The fraction of sp³-hybridized carbons (Fsp3) is 0.364. The standard InChI is InChI=1S/C22H28N2O4S/c1-27-19-7-3-17(4-8-19)15-23-21(25)11-13-29-14-12-22(26)24-16-18-5-9-20(28-2)10-6-18/h3-10H,11-16H2,1-2H3,(H,23,25)(H,24,26). The minimum atomic E-state index is 0.0114. The van der Waals surface area contributed by atoms with Crippen LogP contribution in [-0.2, 0) is 22.7 Å². The summed E-state index contributed by atoms with van der Waals surface area (Å²) in [5, 5.41) is 5.80. The highest BCUT2D eigenvalue weighted by Crippen LogP contribution is 2.12. The molecule has 0 heterocycles. The molecule has 2 rings (SSSR count). The summed E-state index contributed by atoms with van der Waals surface area (Å²) in [6, 6.07) is 15.2. The van der Waals surface area contributed by atoms with Crippen LogP contribution in [0.1, 0.15) is 24.0 Å². The van der Waals surface area contributed by atoms with Crippen molar-refractivity contribution in [2.75, 3.05) is 25.7 Å². The molecule has 7 heteroatoms. The van der Waals surface area contributed by atoms with Crippen LogP contribution in [0.3, 0.4) is 0 Å². The zero-order valence-corrected chi connectivity index (χ0v) is 17.7. The SMILES string of the molecule is COc1ccc(CNC(=O)CCSCCC(=O)NCc2ccc(OC)cc2)cc1. The van der Waals surface area contributed by atoms with Gasteiger partial charge in [0.05, 0.1) is 14.2 Å². The van der Waals surface area contributed by atoms with Crippen molar-refractivity contribution in [2.24, 2.45) is 0 Å². The van der Waals surface area contributed by atoms with Gasteiger partial charge in [0.15, 0.2) is 0 Å². The lowest BCUT2D eigenvalue weighted by Gasteiger charge is -2.07. The van der Waals surface area contributed by atoms with Crippen molar-refractivity contribution in [2.45, 2.75) is 25.9 Å². The smallest absolute Gasteiger partial charge is 0.221 e. The first kappa shape index (κ1) is 22.6. The van der Waals surface area contributed by atoms with Gasteiger partial charge in [-0.05, 0) is 35.4 Å². The van der Waals surface area contributed by atoms with Gasteiger partial charge >= 0.3 is 0 Å². The van der Waals surface area contributed by atoms with Crippen molar-refractivity contribution < 1.29 is 19.1 Å². The second kappa shape index (κ2) is 12.7. The highest BCUT2D eigenvalue weighted by molar-refractivity contribution is 7.99. The van der Waals surface area contributed by atoms with Crippen LogP contribution in [0.25, 0.3) is 0 Å². The zero-order chi connectivity index (χ0) is 20.9. The molecular weight excluding hydrogens is 388 g/mol. The summed E-state index contributed by atoms with van der Waals surface area (Å²) in [6.07, 6.45) is 0.878. The molecule has 0 unspecified atom stereocenters. The maximum atomic E-state index is 11.9. The van der Waals surface area contributed by atoms with E-state index < -0.39 is 0 Å². The molecule has 0 saturated carbocycles. The Morgan fingerprint density at radius 2 is 1.10 bits per heavy atom. The first-order chi connectivity index (χ1) is 14.1. The lowest BCUT2D eigenvalue weighted by Crippen LogP contribution is -2.24. The monoisotopic (exact) mass is 416 g/mol. The largest absolute Gasteiger partial charge is 0.497 e. The topological polar surface area (TPSA) is 76.7 Å². The van der Waals surface area contributed by atoms with Crippen LogP contribution in [0.5, 0.6) is 11.5 Å². The summed E-state index contributed by atoms with van der Waals surface area (Å²) in [6.45, 7) is 1.00. The van der Waals surface area contributed by atoms with Gasteiger partial charge in [-0.1, -0.05) is 24.3 Å². The number of amides is 2. The molecule has 6 nitrogen and oxygen atoms in total. The summed E-state index contributed by atoms with van der Waals surface area (Å²) in [5.74, 6) is 3.00. The van der Waals surface area contributed by atoms with E-state index in [9.17, 15) is 9.59 Å². The van der Waals surface area contributed by atoms with Crippen LogP contribution in [0.2, 0.25) is 0 Å². The van der Waals surface area contributed by atoms with Crippen LogP contribution in [0.15, 0.2) is 48.5 Å². The molecule has 2 N–H and O–H groups in total. The van der Waals surface area contributed by atoms with E-state index in [1.807, 2.05) is 48.5 Å². The van der Waals surface area contributed by atoms with Gasteiger partial charge in [-0.2, -0.15) is 11.8 Å². The van der Waals surface area contributed by atoms with E-state index in [0.29, 0.717) is 37.4 Å². The van der Waals surface area contributed by atoms with Gasteiger partial charge < -0.3 is 20.1 Å². The zero-order valence-electron chi connectivity index (χ0n) is 16.9. The predicted molar refractivity (Wildman–Crippen MR) is 116 cm³/mol. The van der Waals surface area contributed by atoms with Gasteiger partial charge in [0, 0.05) is 37.4 Å². The third kappa shape index (κ3) is 8.91. The normalized spacial score (nSPS) is 10.3. The molecule has 0 aromatic heterocycles. The molecule has 0 spiro atoms. The molecule has 0 atom stereocenters. The highest BCUT2D eigenvalue weighted by atomic mass is 32.2.